The zero-order valence-electron chi connectivity index (χ0n) is 10.4. The first kappa shape index (κ1) is 14.0. The summed E-state index contributed by atoms with van der Waals surface area (Å²) in [4.78, 5) is 12.9. The molecule has 98 valence electrons. The van der Waals surface area contributed by atoms with Crippen LogP contribution in [0.3, 0.4) is 0 Å². The molecule has 1 N–H and O–H groups in total. The van der Waals surface area contributed by atoms with Crippen molar-refractivity contribution in [3.8, 4) is 0 Å². The molecule has 0 aliphatic carbocycles. The van der Waals surface area contributed by atoms with Crippen molar-refractivity contribution >= 4 is 29.3 Å². The fourth-order valence-electron chi connectivity index (χ4n) is 1.66. The Morgan fingerprint density at radius 3 is 2.32 bits per heavy atom. The van der Waals surface area contributed by atoms with Gasteiger partial charge in [-0.05, 0) is 42.3 Å². The molecule has 0 bridgehead atoms. The van der Waals surface area contributed by atoms with Gasteiger partial charge in [0.15, 0.2) is 0 Å². The van der Waals surface area contributed by atoms with E-state index in [2.05, 4.69) is 31.2 Å². The van der Waals surface area contributed by atoms with Gasteiger partial charge in [-0.2, -0.15) is 0 Å². The van der Waals surface area contributed by atoms with Crippen LogP contribution in [-0.2, 0) is 6.42 Å². The number of aromatic carboxylic acids is 1. The maximum absolute atomic E-state index is 10.9. The van der Waals surface area contributed by atoms with E-state index in [0.717, 1.165) is 16.2 Å². The van der Waals surface area contributed by atoms with Crippen molar-refractivity contribution in [2.45, 2.75) is 23.1 Å². The van der Waals surface area contributed by atoms with E-state index in [-0.39, 0.29) is 10.6 Å². The van der Waals surface area contributed by atoms with Crippen molar-refractivity contribution < 1.29 is 9.90 Å². The summed E-state index contributed by atoms with van der Waals surface area (Å²) in [5.41, 5.74) is 1.43. The fraction of sp³-hybridized carbons (Fsp3) is 0.133. The van der Waals surface area contributed by atoms with E-state index in [1.54, 1.807) is 23.9 Å². The van der Waals surface area contributed by atoms with Gasteiger partial charge in [0.05, 0.1) is 10.6 Å². The zero-order valence-corrected chi connectivity index (χ0v) is 12.0. The van der Waals surface area contributed by atoms with Crippen molar-refractivity contribution in [2.75, 3.05) is 0 Å². The molecule has 0 spiro atoms. The summed E-state index contributed by atoms with van der Waals surface area (Å²) in [5, 5.41) is 9.18. The maximum atomic E-state index is 10.9. The highest BCUT2D eigenvalue weighted by Crippen LogP contribution is 2.31. The van der Waals surface area contributed by atoms with E-state index in [4.69, 9.17) is 16.7 Å². The minimum atomic E-state index is -1.01. The van der Waals surface area contributed by atoms with Gasteiger partial charge in [0, 0.05) is 9.79 Å². The number of carboxylic acid groups (broad SMARTS) is 1. The standard InChI is InChI=1S/C15H13ClO2S/c1-2-10-3-5-11(6-4-10)19-12-7-8-13(15(17)18)14(16)9-12/h3-9H,2H2,1H3,(H,17,18). The SMILES string of the molecule is CCc1ccc(Sc2ccc(C(=O)O)c(Cl)c2)cc1. The van der Waals surface area contributed by atoms with Crippen LogP contribution in [0.4, 0.5) is 0 Å². The number of carbonyl (C=O) groups is 1. The first-order chi connectivity index (χ1) is 9.10. The molecule has 0 aromatic heterocycles. The molecule has 4 heteroatoms. The van der Waals surface area contributed by atoms with Crippen LogP contribution in [0.5, 0.6) is 0 Å². The van der Waals surface area contributed by atoms with Gasteiger partial charge < -0.3 is 5.11 Å². The summed E-state index contributed by atoms with van der Waals surface area (Å²) in [6.07, 6.45) is 1.02. The molecule has 0 fully saturated rings. The van der Waals surface area contributed by atoms with Crippen molar-refractivity contribution in [1.82, 2.24) is 0 Å². The molecule has 0 heterocycles. The molecule has 2 aromatic rings. The van der Waals surface area contributed by atoms with Crippen LogP contribution in [0.1, 0.15) is 22.8 Å². The van der Waals surface area contributed by atoms with E-state index < -0.39 is 5.97 Å². The van der Waals surface area contributed by atoms with Gasteiger partial charge in [-0.3, -0.25) is 0 Å². The van der Waals surface area contributed by atoms with E-state index in [1.165, 1.54) is 11.6 Å². The lowest BCUT2D eigenvalue weighted by molar-refractivity contribution is 0.0697. The van der Waals surface area contributed by atoms with Crippen LogP contribution >= 0.6 is 23.4 Å². The van der Waals surface area contributed by atoms with Crippen molar-refractivity contribution in [2.24, 2.45) is 0 Å². The molecule has 0 aliphatic rings. The summed E-state index contributed by atoms with van der Waals surface area (Å²) in [7, 11) is 0. The molecule has 0 saturated carbocycles. The third-order valence-electron chi connectivity index (χ3n) is 2.74. The Kier molecular flexibility index (Phi) is 4.51. The molecule has 2 aromatic carbocycles. The third kappa shape index (κ3) is 3.52. The van der Waals surface area contributed by atoms with Gasteiger partial charge in [0.25, 0.3) is 0 Å². The summed E-state index contributed by atoms with van der Waals surface area (Å²) in [6.45, 7) is 2.12. The van der Waals surface area contributed by atoms with Gasteiger partial charge in [0.1, 0.15) is 0 Å². The molecular formula is C15H13ClO2S. The normalized spacial score (nSPS) is 10.4. The van der Waals surface area contributed by atoms with Crippen LogP contribution in [0.25, 0.3) is 0 Å². The zero-order chi connectivity index (χ0) is 13.8. The van der Waals surface area contributed by atoms with E-state index in [9.17, 15) is 4.79 Å². The van der Waals surface area contributed by atoms with Crippen LogP contribution in [0.15, 0.2) is 52.3 Å². The highest BCUT2D eigenvalue weighted by molar-refractivity contribution is 7.99. The lowest BCUT2D eigenvalue weighted by atomic mass is 10.2. The number of carboxylic acids is 1. The molecular weight excluding hydrogens is 280 g/mol. The number of halogens is 1. The molecule has 19 heavy (non-hydrogen) atoms. The van der Waals surface area contributed by atoms with Gasteiger partial charge in [-0.15, -0.1) is 0 Å². The highest BCUT2D eigenvalue weighted by Gasteiger charge is 2.09. The smallest absolute Gasteiger partial charge is 0.337 e. The molecule has 0 unspecified atom stereocenters. The van der Waals surface area contributed by atoms with Gasteiger partial charge in [-0.1, -0.05) is 42.4 Å². The van der Waals surface area contributed by atoms with Crippen LogP contribution in [0, 0.1) is 0 Å². The molecule has 0 radical (unpaired) electrons. The van der Waals surface area contributed by atoms with Crippen molar-refractivity contribution in [3.05, 3.63) is 58.6 Å². The van der Waals surface area contributed by atoms with Gasteiger partial charge in [-0.25, -0.2) is 4.79 Å². The second-order valence-electron chi connectivity index (χ2n) is 4.05. The first-order valence-electron chi connectivity index (χ1n) is 5.90. The van der Waals surface area contributed by atoms with E-state index in [1.807, 2.05) is 0 Å². The van der Waals surface area contributed by atoms with Crippen molar-refractivity contribution in [1.29, 1.82) is 0 Å². The second-order valence-corrected chi connectivity index (χ2v) is 5.60. The lowest BCUT2D eigenvalue weighted by Gasteiger charge is -2.05. The number of hydrogen-bond acceptors (Lipinski definition) is 2. The van der Waals surface area contributed by atoms with E-state index >= 15 is 0 Å². The molecule has 2 rings (SSSR count). The topological polar surface area (TPSA) is 37.3 Å². The average Bonchev–Trinajstić information content (AvgIpc) is 2.39. The number of hydrogen-bond donors (Lipinski definition) is 1. The Morgan fingerprint density at radius 1 is 1.16 bits per heavy atom. The predicted octanol–water partition coefficient (Wildman–Crippen LogP) is 4.75. The molecule has 0 saturated heterocycles. The average molecular weight is 293 g/mol. The lowest BCUT2D eigenvalue weighted by Crippen LogP contribution is -1.96. The minimum Gasteiger partial charge on any atom is -0.478 e. The first-order valence-corrected chi connectivity index (χ1v) is 7.09. The van der Waals surface area contributed by atoms with Gasteiger partial charge in [0.2, 0.25) is 0 Å². The Bertz CT molecular complexity index is 594. The minimum absolute atomic E-state index is 0.132. The molecule has 0 atom stereocenters. The predicted molar refractivity (Wildman–Crippen MR) is 78.4 cm³/mol. The second kappa shape index (κ2) is 6.13. The summed E-state index contributed by atoms with van der Waals surface area (Å²) in [6, 6.07) is 13.3. The summed E-state index contributed by atoms with van der Waals surface area (Å²) >= 11 is 7.51. The third-order valence-corrected chi connectivity index (χ3v) is 4.05. The number of aryl methyl sites for hydroxylation is 1. The van der Waals surface area contributed by atoms with Crippen LogP contribution < -0.4 is 0 Å². The summed E-state index contributed by atoms with van der Waals surface area (Å²) < 4.78 is 0. The number of benzene rings is 2. The van der Waals surface area contributed by atoms with Crippen LogP contribution in [0.2, 0.25) is 5.02 Å². The van der Waals surface area contributed by atoms with Crippen molar-refractivity contribution in [3.63, 3.8) is 0 Å². The molecule has 0 amide bonds. The number of rotatable bonds is 4. The Morgan fingerprint density at radius 2 is 1.79 bits per heavy atom. The quantitative estimate of drug-likeness (QED) is 0.883. The Balaban J connectivity index is 2.18. The molecule has 2 nitrogen and oxygen atoms in total. The fourth-order valence-corrected chi connectivity index (χ4v) is 2.85. The molecule has 0 aliphatic heterocycles. The Hall–Kier alpha value is -1.45. The monoisotopic (exact) mass is 292 g/mol. The van der Waals surface area contributed by atoms with Crippen LogP contribution in [-0.4, -0.2) is 11.1 Å². The largest absolute Gasteiger partial charge is 0.478 e. The highest BCUT2D eigenvalue weighted by atomic mass is 35.5. The van der Waals surface area contributed by atoms with Gasteiger partial charge >= 0.3 is 5.97 Å². The Labute approximate surface area is 121 Å². The summed E-state index contributed by atoms with van der Waals surface area (Å²) in [5.74, 6) is -1.01. The maximum Gasteiger partial charge on any atom is 0.337 e. The van der Waals surface area contributed by atoms with E-state index in [0.29, 0.717) is 0 Å².